The largest absolute Gasteiger partial charge is 0.305 e. The molecule has 0 aliphatic rings. The Bertz CT molecular complexity index is 738. The maximum atomic E-state index is 12.1. The van der Waals surface area contributed by atoms with Crippen LogP contribution in [0.25, 0.3) is 5.52 Å². The molecule has 0 atom stereocenters. The van der Waals surface area contributed by atoms with E-state index in [0.29, 0.717) is 16.9 Å². The fourth-order valence-corrected chi connectivity index (χ4v) is 1.67. The van der Waals surface area contributed by atoms with Crippen molar-refractivity contribution in [1.82, 2.24) is 24.6 Å². The average molecular weight is 275 g/mol. The van der Waals surface area contributed by atoms with Gasteiger partial charge in [0.25, 0.3) is 5.91 Å². The first-order valence-electron chi connectivity index (χ1n) is 5.30. The van der Waals surface area contributed by atoms with Crippen molar-refractivity contribution in [3.05, 3.63) is 47.9 Å². The van der Waals surface area contributed by atoms with Crippen LogP contribution in [0.3, 0.4) is 0 Å². The molecular formula is C11H7ClN6O. The lowest BCUT2D eigenvalue weighted by atomic mass is 10.3. The number of anilines is 1. The second-order valence-electron chi connectivity index (χ2n) is 3.64. The van der Waals surface area contributed by atoms with Crippen molar-refractivity contribution in [1.29, 1.82) is 0 Å². The van der Waals surface area contributed by atoms with Crippen LogP contribution in [0.15, 0.2) is 37.2 Å². The fraction of sp³-hybridized carbons (Fsp3) is 0. The van der Waals surface area contributed by atoms with E-state index in [9.17, 15) is 4.79 Å². The van der Waals surface area contributed by atoms with Crippen LogP contribution in [-0.2, 0) is 0 Å². The molecule has 3 heterocycles. The van der Waals surface area contributed by atoms with E-state index < -0.39 is 0 Å². The van der Waals surface area contributed by atoms with E-state index in [2.05, 4.69) is 25.4 Å². The van der Waals surface area contributed by atoms with Crippen molar-refractivity contribution in [2.75, 3.05) is 5.32 Å². The van der Waals surface area contributed by atoms with Crippen LogP contribution in [0.1, 0.15) is 10.4 Å². The molecule has 8 heteroatoms. The number of fused-ring (bicyclic) bond motifs is 1. The number of nitrogens with zero attached hydrogens (tertiary/aromatic N) is 5. The van der Waals surface area contributed by atoms with E-state index in [1.165, 1.54) is 18.6 Å². The van der Waals surface area contributed by atoms with Gasteiger partial charge in [-0.25, -0.2) is 14.5 Å². The Labute approximate surface area is 112 Å². The summed E-state index contributed by atoms with van der Waals surface area (Å²) in [6.07, 6.45) is 9.02. The second kappa shape index (κ2) is 4.62. The molecule has 0 unspecified atom stereocenters. The van der Waals surface area contributed by atoms with Gasteiger partial charge in [-0.1, -0.05) is 11.6 Å². The van der Waals surface area contributed by atoms with Gasteiger partial charge in [0.05, 0.1) is 35.9 Å². The lowest BCUT2D eigenvalue weighted by molar-refractivity contribution is 0.102. The highest BCUT2D eigenvalue weighted by atomic mass is 35.5. The van der Waals surface area contributed by atoms with Gasteiger partial charge in [-0.3, -0.25) is 9.78 Å². The first-order chi connectivity index (χ1) is 9.24. The van der Waals surface area contributed by atoms with Gasteiger partial charge in [-0.2, -0.15) is 5.10 Å². The highest BCUT2D eigenvalue weighted by molar-refractivity contribution is 6.29. The lowest BCUT2D eigenvalue weighted by Crippen LogP contribution is -2.12. The molecule has 0 saturated carbocycles. The molecule has 0 spiro atoms. The lowest BCUT2D eigenvalue weighted by Gasteiger charge is -2.02. The van der Waals surface area contributed by atoms with Gasteiger partial charge in [0.1, 0.15) is 5.15 Å². The molecule has 7 nitrogen and oxygen atoms in total. The van der Waals surface area contributed by atoms with Gasteiger partial charge >= 0.3 is 0 Å². The summed E-state index contributed by atoms with van der Waals surface area (Å²) in [6, 6.07) is 0. The predicted molar refractivity (Wildman–Crippen MR) is 68.0 cm³/mol. The molecule has 0 bridgehead atoms. The third-order valence-electron chi connectivity index (χ3n) is 2.43. The molecule has 3 aromatic heterocycles. The molecule has 0 saturated heterocycles. The molecule has 0 fully saturated rings. The number of amides is 1. The highest BCUT2D eigenvalue weighted by Crippen LogP contribution is 2.11. The van der Waals surface area contributed by atoms with Crippen molar-refractivity contribution in [3.8, 4) is 0 Å². The van der Waals surface area contributed by atoms with Crippen LogP contribution in [0, 0.1) is 0 Å². The molecule has 3 rings (SSSR count). The number of nitrogens with one attached hydrogen (secondary N) is 1. The third-order valence-corrected chi connectivity index (χ3v) is 2.63. The number of carbonyl (C=O) groups excluding carboxylic acids is 1. The summed E-state index contributed by atoms with van der Waals surface area (Å²) in [5.74, 6) is -0.0164. The van der Waals surface area contributed by atoms with Crippen LogP contribution in [0.5, 0.6) is 0 Å². The molecule has 0 radical (unpaired) electrons. The Morgan fingerprint density at radius 1 is 1.21 bits per heavy atom. The van der Waals surface area contributed by atoms with Crippen LogP contribution >= 0.6 is 11.6 Å². The van der Waals surface area contributed by atoms with Crippen LogP contribution in [0.2, 0.25) is 5.15 Å². The Kier molecular flexibility index (Phi) is 2.81. The third kappa shape index (κ3) is 2.23. The SMILES string of the molecule is O=C(Nc1cnc(Cl)cn1)c1cnn2ccncc12. The van der Waals surface area contributed by atoms with Gasteiger partial charge < -0.3 is 5.32 Å². The Morgan fingerprint density at radius 3 is 2.89 bits per heavy atom. The monoisotopic (exact) mass is 274 g/mol. The summed E-state index contributed by atoms with van der Waals surface area (Å²) >= 11 is 5.62. The smallest absolute Gasteiger partial charge is 0.260 e. The maximum Gasteiger partial charge on any atom is 0.260 e. The topological polar surface area (TPSA) is 85.1 Å². The molecular weight excluding hydrogens is 268 g/mol. The standard InChI is InChI=1S/C11H7ClN6O/c12-9-5-15-10(6-14-9)17-11(19)7-3-16-18-2-1-13-4-8(7)18/h1-6H,(H,15,17,19). The Hall–Kier alpha value is -2.54. The van der Waals surface area contributed by atoms with Gasteiger partial charge in [0.2, 0.25) is 0 Å². The van der Waals surface area contributed by atoms with Crippen molar-refractivity contribution in [2.45, 2.75) is 0 Å². The highest BCUT2D eigenvalue weighted by Gasteiger charge is 2.13. The Morgan fingerprint density at radius 2 is 2.11 bits per heavy atom. The minimum atomic E-state index is -0.334. The minimum Gasteiger partial charge on any atom is -0.305 e. The van der Waals surface area contributed by atoms with Crippen LogP contribution < -0.4 is 5.32 Å². The van der Waals surface area contributed by atoms with E-state index in [0.717, 1.165) is 0 Å². The number of hydrogen-bond acceptors (Lipinski definition) is 5. The number of halogens is 1. The van der Waals surface area contributed by atoms with Crippen LogP contribution in [-0.4, -0.2) is 30.5 Å². The summed E-state index contributed by atoms with van der Waals surface area (Å²) < 4.78 is 1.56. The van der Waals surface area contributed by atoms with Crippen molar-refractivity contribution >= 4 is 28.8 Å². The Balaban J connectivity index is 1.90. The molecule has 0 aromatic carbocycles. The molecule has 0 aliphatic carbocycles. The molecule has 1 N–H and O–H groups in total. The maximum absolute atomic E-state index is 12.1. The number of aromatic nitrogens is 5. The van der Waals surface area contributed by atoms with Crippen molar-refractivity contribution in [2.24, 2.45) is 0 Å². The normalized spacial score (nSPS) is 10.6. The van der Waals surface area contributed by atoms with Crippen molar-refractivity contribution < 1.29 is 4.79 Å². The minimum absolute atomic E-state index is 0.262. The average Bonchev–Trinajstić information content (AvgIpc) is 2.85. The van der Waals surface area contributed by atoms with Gasteiger partial charge in [0, 0.05) is 12.4 Å². The summed E-state index contributed by atoms with van der Waals surface area (Å²) in [5.41, 5.74) is 1.02. The van der Waals surface area contributed by atoms with Crippen LogP contribution in [0.4, 0.5) is 5.82 Å². The fourth-order valence-electron chi connectivity index (χ4n) is 1.57. The molecule has 3 aromatic rings. The van der Waals surface area contributed by atoms with E-state index in [-0.39, 0.29) is 11.1 Å². The van der Waals surface area contributed by atoms with Gasteiger partial charge in [-0.05, 0) is 0 Å². The molecule has 1 amide bonds. The first kappa shape index (κ1) is 11.5. The van der Waals surface area contributed by atoms with Gasteiger partial charge in [0.15, 0.2) is 5.82 Å². The molecule has 94 valence electrons. The summed E-state index contributed by atoms with van der Waals surface area (Å²) in [7, 11) is 0. The molecule has 0 aliphatic heterocycles. The van der Waals surface area contributed by atoms with E-state index >= 15 is 0 Å². The zero-order valence-electron chi connectivity index (χ0n) is 9.49. The summed E-state index contributed by atoms with van der Waals surface area (Å²) in [4.78, 5) is 23.8. The summed E-state index contributed by atoms with van der Waals surface area (Å²) in [5, 5.41) is 6.93. The zero-order chi connectivity index (χ0) is 13.2. The number of hydrogen-bond donors (Lipinski definition) is 1. The van der Waals surface area contributed by atoms with Gasteiger partial charge in [-0.15, -0.1) is 0 Å². The van der Waals surface area contributed by atoms with Crippen molar-refractivity contribution in [3.63, 3.8) is 0 Å². The predicted octanol–water partition coefficient (Wildman–Crippen LogP) is 1.42. The molecule has 19 heavy (non-hydrogen) atoms. The van der Waals surface area contributed by atoms with E-state index in [4.69, 9.17) is 11.6 Å². The summed E-state index contributed by atoms with van der Waals surface area (Å²) in [6.45, 7) is 0. The zero-order valence-corrected chi connectivity index (χ0v) is 10.2. The van der Waals surface area contributed by atoms with E-state index in [1.807, 2.05) is 0 Å². The second-order valence-corrected chi connectivity index (χ2v) is 4.03. The number of carbonyl (C=O) groups is 1. The quantitative estimate of drug-likeness (QED) is 0.764. The first-order valence-corrected chi connectivity index (χ1v) is 5.68. The number of rotatable bonds is 2. The van der Waals surface area contributed by atoms with E-state index in [1.54, 1.807) is 23.1 Å².